The van der Waals surface area contributed by atoms with Crippen LogP contribution < -0.4 is 20.1 Å². The number of nitrogens with zero attached hydrogens (tertiary/aromatic N) is 1. The van der Waals surface area contributed by atoms with Gasteiger partial charge in [-0.1, -0.05) is 18.2 Å². The average Bonchev–Trinajstić information content (AvgIpc) is 2.67. The van der Waals surface area contributed by atoms with Crippen LogP contribution in [0.3, 0.4) is 0 Å². The zero-order chi connectivity index (χ0) is 20.6. The van der Waals surface area contributed by atoms with Crippen molar-refractivity contribution in [1.29, 1.82) is 0 Å². The Balaban J connectivity index is 0.00000420. The lowest BCUT2D eigenvalue weighted by molar-refractivity contribution is 0.414. The van der Waals surface area contributed by atoms with Crippen LogP contribution in [0, 0.1) is 12.7 Å². The summed E-state index contributed by atoms with van der Waals surface area (Å²) >= 11 is 0. The van der Waals surface area contributed by atoms with E-state index in [1.54, 1.807) is 21.1 Å². The number of rotatable bonds is 8. The molecule has 0 fully saturated rings. The third kappa shape index (κ3) is 8.44. The Bertz CT molecular complexity index is 939. The lowest BCUT2D eigenvalue weighted by atomic mass is 10.2. The van der Waals surface area contributed by atoms with Gasteiger partial charge in [0.05, 0.1) is 18.6 Å². The number of hydrogen-bond donors (Lipinski definition) is 3. The molecule has 0 aliphatic rings. The first-order valence-corrected chi connectivity index (χ1v) is 10.3. The van der Waals surface area contributed by atoms with Gasteiger partial charge in [-0.3, -0.25) is 9.71 Å². The Hall–Kier alpha value is -2.08. The normalized spacial score (nSPS) is 11.4. The molecule has 0 saturated carbocycles. The lowest BCUT2D eigenvalue weighted by Gasteiger charge is -2.13. The first kappa shape index (κ1) is 25.0. The van der Waals surface area contributed by atoms with Crippen molar-refractivity contribution >= 4 is 45.6 Å². The third-order valence-electron chi connectivity index (χ3n) is 3.93. The first-order chi connectivity index (χ1) is 13.3. The second kappa shape index (κ2) is 11.8. The van der Waals surface area contributed by atoms with Gasteiger partial charge < -0.3 is 15.4 Å². The van der Waals surface area contributed by atoms with Crippen LogP contribution in [0.15, 0.2) is 47.5 Å². The fourth-order valence-electron chi connectivity index (χ4n) is 2.38. The highest BCUT2D eigenvalue weighted by atomic mass is 127. The summed E-state index contributed by atoms with van der Waals surface area (Å²) in [6.07, 6.45) is 0. The van der Waals surface area contributed by atoms with Gasteiger partial charge in [-0.05, 0) is 42.3 Å². The molecule has 0 heterocycles. The van der Waals surface area contributed by atoms with Crippen molar-refractivity contribution in [3.8, 4) is 5.75 Å². The van der Waals surface area contributed by atoms with Gasteiger partial charge in [-0.25, -0.2) is 12.8 Å². The maximum atomic E-state index is 13.6. The topological polar surface area (TPSA) is 91.8 Å². The molecule has 2 rings (SSSR count). The van der Waals surface area contributed by atoms with E-state index in [4.69, 9.17) is 4.74 Å². The van der Waals surface area contributed by atoms with E-state index in [1.807, 2.05) is 24.3 Å². The number of methoxy groups -OCH3 is 1. The molecule has 160 valence electrons. The number of sulfonamides is 1. The third-order valence-corrected chi connectivity index (χ3v) is 5.21. The highest BCUT2D eigenvalue weighted by Gasteiger charge is 2.12. The molecule has 0 radical (unpaired) electrons. The summed E-state index contributed by atoms with van der Waals surface area (Å²) in [7, 11) is -0.419. The van der Waals surface area contributed by atoms with Crippen LogP contribution >= 0.6 is 24.0 Å². The maximum Gasteiger partial charge on any atom is 0.234 e. The Morgan fingerprint density at radius 1 is 1.17 bits per heavy atom. The van der Waals surface area contributed by atoms with Gasteiger partial charge in [0.15, 0.2) is 5.96 Å². The largest absolute Gasteiger partial charge is 0.497 e. The molecule has 2 aromatic rings. The molecule has 29 heavy (non-hydrogen) atoms. The zero-order valence-corrected chi connectivity index (χ0v) is 19.7. The number of ether oxygens (including phenoxy) is 1. The molecular formula is C19H26FIN4O3S. The molecule has 3 N–H and O–H groups in total. The van der Waals surface area contributed by atoms with Crippen LogP contribution in [-0.2, 0) is 16.6 Å². The van der Waals surface area contributed by atoms with E-state index >= 15 is 0 Å². The van der Waals surface area contributed by atoms with E-state index in [2.05, 4.69) is 20.3 Å². The van der Waals surface area contributed by atoms with E-state index in [-0.39, 0.29) is 42.0 Å². The smallest absolute Gasteiger partial charge is 0.234 e. The fraction of sp³-hybridized carbons (Fsp3) is 0.316. The van der Waals surface area contributed by atoms with Crippen molar-refractivity contribution in [2.45, 2.75) is 13.5 Å². The average molecular weight is 536 g/mol. The lowest BCUT2D eigenvalue weighted by Crippen LogP contribution is -2.39. The van der Waals surface area contributed by atoms with Crippen molar-refractivity contribution in [3.63, 3.8) is 0 Å². The summed E-state index contributed by atoms with van der Waals surface area (Å²) in [6.45, 7) is 2.26. The minimum atomic E-state index is -3.62. The Kier molecular flexibility index (Phi) is 10.2. The molecule has 0 saturated heterocycles. The number of anilines is 1. The van der Waals surface area contributed by atoms with Crippen LogP contribution in [-0.4, -0.2) is 40.8 Å². The quantitative estimate of drug-likeness (QED) is 0.274. The van der Waals surface area contributed by atoms with Gasteiger partial charge in [-0.2, -0.15) is 0 Å². The van der Waals surface area contributed by atoms with Crippen LogP contribution in [0.2, 0.25) is 0 Å². The minimum absolute atomic E-state index is 0. The molecule has 0 aliphatic heterocycles. The van der Waals surface area contributed by atoms with E-state index in [9.17, 15) is 12.8 Å². The highest BCUT2D eigenvalue weighted by Crippen LogP contribution is 2.15. The van der Waals surface area contributed by atoms with Gasteiger partial charge >= 0.3 is 0 Å². The molecule has 0 amide bonds. The summed E-state index contributed by atoms with van der Waals surface area (Å²) < 4.78 is 45.4. The van der Waals surface area contributed by atoms with Gasteiger partial charge in [0.25, 0.3) is 0 Å². The number of hydrogen-bond acceptors (Lipinski definition) is 4. The summed E-state index contributed by atoms with van der Waals surface area (Å²) in [5, 5.41) is 6.05. The number of benzene rings is 2. The molecular weight excluding hydrogens is 510 g/mol. The van der Waals surface area contributed by atoms with Gasteiger partial charge in [0.2, 0.25) is 10.0 Å². The van der Waals surface area contributed by atoms with Crippen LogP contribution in [0.5, 0.6) is 5.75 Å². The number of halogens is 2. The molecule has 0 aliphatic carbocycles. The molecule has 0 unspecified atom stereocenters. The second-order valence-electron chi connectivity index (χ2n) is 6.09. The van der Waals surface area contributed by atoms with Crippen molar-refractivity contribution in [3.05, 3.63) is 59.4 Å². The highest BCUT2D eigenvalue weighted by molar-refractivity contribution is 14.0. The van der Waals surface area contributed by atoms with Crippen LogP contribution in [0.1, 0.15) is 11.1 Å². The summed E-state index contributed by atoms with van der Waals surface area (Å²) in [4.78, 5) is 4.07. The van der Waals surface area contributed by atoms with Crippen molar-refractivity contribution < 1.29 is 17.5 Å². The first-order valence-electron chi connectivity index (χ1n) is 8.67. The van der Waals surface area contributed by atoms with Gasteiger partial charge in [0, 0.05) is 20.1 Å². The van der Waals surface area contributed by atoms with Crippen molar-refractivity contribution in [1.82, 2.24) is 10.6 Å². The molecule has 2 aromatic carbocycles. The van der Waals surface area contributed by atoms with Gasteiger partial charge in [0.1, 0.15) is 11.6 Å². The monoisotopic (exact) mass is 536 g/mol. The minimum Gasteiger partial charge on any atom is -0.497 e. The number of aliphatic imine (C=N–C) groups is 1. The Morgan fingerprint density at radius 2 is 1.93 bits per heavy atom. The predicted molar refractivity (Wildman–Crippen MR) is 125 cm³/mol. The van der Waals surface area contributed by atoms with E-state index in [0.29, 0.717) is 18.1 Å². The molecule has 0 bridgehead atoms. The summed E-state index contributed by atoms with van der Waals surface area (Å²) in [5.74, 6) is 0.578. The van der Waals surface area contributed by atoms with Crippen molar-refractivity contribution in [2.75, 3.05) is 31.2 Å². The van der Waals surface area contributed by atoms with Crippen LogP contribution in [0.4, 0.5) is 10.1 Å². The predicted octanol–water partition coefficient (Wildman–Crippen LogP) is 2.87. The number of aryl methyl sites for hydroxylation is 1. The summed E-state index contributed by atoms with van der Waals surface area (Å²) in [5.41, 5.74) is 1.65. The molecule has 0 spiro atoms. The van der Waals surface area contributed by atoms with E-state index in [1.165, 1.54) is 12.1 Å². The Morgan fingerprint density at radius 3 is 2.59 bits per heavy atom. The standard InChI is InChI=1S/C19H25FN4O3S.HI/c1-14-7-8-16(12-18(14)20)24-28(25,26)10-9-22-19(21-2)23-13-15-5-4-6-17(11-15)27-3;/h4-8,11-12,24H,9-10,13H2,1-3H3,(H2,21,22,23);1H. The van der Waals surface area contributed by atoms with Crippen molar-refractivity contribution in [2.24, 2.45) is 4.99 Å². The zero-order valence-electron chi connectivity index (χ0n) is 16.5. The second-order valence-corrected chi connectivity index (χ2v) is 7.93. The SMILES string of the molecule is CN=C(NCCS(=O)(=O)Nc1ccc(C)c(F)c1)NCc1cccc(OC)c1.I. The number of nitrogens with one attached hydrogen (secondary N) is 3. The maximum absolute atomic E-state index is 13.6. The van der Waals surface area contributed by atoms with Crippen LogP contribution in [0.25, 0.3) is 0 Å². The van der Waals surface area contributed by atoms with E-state index in [0.717, 1.165) is 17.4 Å². The molecule has 7 nitrogen and oxygen atoms in total. The van der Waals surface area contributed by atoms with Gasteiger partial charge in [-0.15, -0.1) is 24.0 Å². The Labute approximate surface area is 188 Å². The molecule has 0 atom stereocenters. The van der Waals surface area contributed by atoms with E-state index < -0.39 is 15.8 Å². The number of guanidine groups is 1. The summed E-state index contributed by atoms with van der Waals surface area (Å²) in [6, 6.07) is 11.8. The fourth-order valence-corrected chi connectivity index (χ4v) is 3.34. The molecule has 10 heteroatoms. The molecule has 0 aromatic heterocycles.